The first kappa shape index (κ1) is 14.8. The first-order valence-corrected chi connectivity index (χ1v) is 6.92. The Morgan fingerprint density at radius 1 is 1.43 bits per heavy atom. The highest BCUT2D eigenvalue weighted by Crippen LogP contribution is 2.42. The monoisotopic (exact) mass is 339 g/mol. The molecule has 0 aromatic carbocycles. The van der Waals surface area contributed by atoms with Crippen molar-refractivity contribution in [2.24, 2.45) is 0 Å². The minimum atomic E-state index is -1.18. The maximum Gasteiger partial charge on any atom is 0.318 e. The molecule has 1 unspecified atom stereocenters. The van der Waals surface area contributed by atoms with Gasteiger partial charge in [-0.1, -0.05) is 0 Å². The molecule has 0 N–H and O–H groups in total. The number of ether oxygens (including phenoxy) is 1. The Labute approximate surface area is 131 Å². The third-order valence-corrected chi connectivity index (χ3v) is 4.25. The number of fused-ring (bicyclic) bond motifs is 1. The average molecular weight is 339 g/mol. The summed E-state index contributed by atoms with van der Waals surface area (Å²) in [5, 5.41) is 50.4. The lowest BCUT2D eigenvalue weighted by atomic mass is 9.90. The molecule has 0 saturated carbocycles. The molecule has 2 aromatic heterocycles. The lowest BCUT2D eigenvalue weighted by Gasteiger charge is -2.16. The Hall–Kier alpha value is -3.15. The fourth-order valence-electron chi connectivity index (χ4n) is 2.35. The van der Waals surface area contributed by atoms with Crippen LogP contribution in [-0.4, -0.2) is 27.8 Å². The maximum atomic E-state index is 11.9. The van der Waals surface area contributed by atoms with Gasteiger partial charge in [-0.05, 0) is 16.3 Å². The van der Waals surface area contributed by atoms with Gasteiger partial charge in [0.05, 0.1) is 28.1 Å². The second kappa shape index (κ2) is 5.24. The first-order valence-electron chi connectivity index (χ1n) is 6.04. The first-order chi connectivity index (χ1) is 11.0. The third kappa shape index (κ3) is 2.15. The van der Waals surface area contributed by atoms with Crippen molar-refractivity contribution >= 4 is 17.0 Å². The van der Waals surface area contributed by atoms with Crippen LogP contribution in [0.15, 0.2) is 27.8 Å². The summed E-state index contributed by atoms with van der Waals surface area (Å²) in [7, 11) is 1.37. The summed E-state index contributed by atoms with van der Waals surface area (Å²) < 4.78 is 9.55. The van der Waals surface area contributed by atoms with Gasteiger partial charge in [-0.3, -0.25) is 14.7 Å². The van der Waals surface area contributed by atoms with E-state index in [2.05, 4.69) is 9.79 Å². The summed E-state index contributed by atoms with van der Waals surface area (Å²) in [5.41, 5.74) is -1.85. The fourth-order valence-corrected chi connectivity index (χ4v) is 3.33. The van der Waals surface area contributed by atoms with Crippen LogP contribution in [0.4, 0.5) is 0 Å². The average Bonchev–Trinajstić information content (AvgIpc) is 3.12. The van der Waals surface area contributed by atoms with E-state index in [0.717, 1.165) is 17.4 Å². The molecule has 11 nitrogen and oxygen atoms in total. The van der Waals surface area contributed by atoms with E-state index in [4.69, 9.17) is 4.74 Å². The molecule has 0 radical (unpaired) electrons. The van der Waals surface area contributed by atoms with Crippen molar-refractivity contribution in [3.63, 3.8) is 0 Å². The Morgan fingerprint density at radius 2 is 2.17 bits per heavy atom. The van der Waals surface area contributed by atoms with Gasteiger partial charge >= 0.3 is 5.69 Å². The molecule has 1 atom stereocenters. The van der Waals surface area contributed by atoms with Crippen LogP contribution in [0.3, 0.4) is 0 Å². The van der Waals surface area contributed by atoms with Gasteiger partial charge < -0.3 is 20.4 Å². The Morgan fingerprint density at radius 3 is 2.78 bits per heavy atom. The van der Waals surface area contributed by atoms with Crippen molar-refractivity contribution in [1.82, 2.24) is 5.16 Å². The van der Waals surface area contributed by atoms with E-state index < -0.39 is 27.2 Å². The van der Waals surface area contributed by atoms with Gasteiger partial charge in [0, 0.05) is 0 Å². The maximum absolute atomic E-state index is 11.9. The number of hydrogen-bond donors (Lipinski definition) is 0. The van der Waals surface area contributed by atoms with Gasteiger partial charge in [0.1, 0.15) is 5.75 Å². The molecule has 0 fully saturated rings. The van der Waals surface area contributed by atoms with Crippen molar-refractivity contribution in [3.05, 3.63) is 65.2 Å². The van der Waals surface area contributed by atoms with Crippen LogP contribution in [0.1, 0.15) is 22.2 Å². The zero-order valence-corrected chi connectivity index (χ0v) is 12.2. The van der Waals surface area contributed by atoms with E-state index in [1.54, 1.807) is 11.4 Å². The summed E-state index contributed by atoms with van der Waals surface area (Å²) in [4.78, 5) is 10.0. The van der Waals surface area contributed by atoms with Crippen LogP contribution in [0.5, 0.6) is 5.75 Å². The molecule has 2 aromatic rings. The molecule has 1 aliphatic carbocycles. The molecule has 3 rings (SSSR count). The van der Waals surface area contributed by atoms with Crippen LogP contribution in [0, 0.1) is 25.7 Å². The van der Waals surface area contributed by atoms with Gasteiger partial charge in [0.15, 0.2) is 5.92 Å². The number of thiophene rings is 1. The molecule has 0 bridgehead atoms. The van der Waals surface area contributed by atoms with Gasteiger partial charge in [-0.15, -0.1) is 11.3 Å². The SMILES string of the molecule is COc1ccsc1C1C([N+](=O)[O-])=CC(=[N+]([O-])[O-])c2no[n+]([O-])c21. The molecule has 12 heteroatoms. The Bertz CT molecular complexity index is 848. The largest absolute Gasteiger partial charge is 0.612 e. The summed E-state index contributed by atoms with van der Waals surface area (Å²) >= 11 is 1.12. The normalized spacial score (nSPS) is 16.7. The number of rotatable bonds is 3. The fraction of sp³-hybridized carbons (Fsp3) is 0.182. The summed E-state index contributed by atoms with van der Waals surface area (Å²) in [6.07, 6.45) is 0.786. The Balaban J connectivity index is 2.32. The van der Waals surface area contributed by atoms with Gasteiger partial charge in [0.25, 0.3) is 11.4 Å². The summed E-state index contributed by atoms with van der Waals surface area (Å²) in [6.45, 7) is 0. The molecule has 0 spiro atoms. The van der Waals surface area contributed by atoms with Crippen molar-refractivity contribution in [2.75, 3.05) is 7.11 Å². The number of nitro groups is 1. The molecule has 0 saturated heterocycles. The van der Waals surface area contributed by atoms with Crippen molar-refractivity contribution in [3.8, 4) is 5.75 Å². The molecule has 2 heterocycles. The zero-order valence-electron chi connectivity index (χ0n) is 11.4. The van der Waals surface area contributed by atoms with Crippen LogP contribution in [0.2, 0.25) is 0 Å². The predicted molar refractivity (Wildman–Crippen MR) is 74.4 cm³/mol. The van der Waals surface area contributed by atoms with Gasteiger partial charge in [-0.25, -0.2) is 0 Å². The number of allylic oxidation sites excluding steroid dienone is 2. The highest BCUT2D eigenvalue weighted by molar-refractivity contribution is 7.10. The molecule has 1 aliphatic rings. The topological polar surface area (TPSA) is 154 Å². The zero-order chi connectivity index (χ0) is 16.7. The highest BCUT2D eigenvalue weighted by atomic mass is 32.1. The van der Waals surface area contributed by atoms with E-state index in [-0.39, 0.29) is 16.3 Å². The van der Waals surface area contributed by atoms with E-state index in [1.165, 1.54) is 7.11 Å². The summed E-state index contributed by atoms with van der Waals surface area (Å²) in [6, 6.07) is 1.58. The highest BCUT2D eigenvalue weighted by Gasteiger charge is 2.48. The molecule has 0 aliphatic heterocycles. The van der Waals surface area contributed by atoms with E-state index in [9.17, 15) is 25.7 Å². The van der Waals surface area contributed by atoms with Crippen LogP contribution < -0.4 is 9.64 Å². The van der Waals surface area contributed by atoms with Crippen LogP contribution in [0.25, 0.3) is 0 Å². The van der Waals surface area contributed by atoms with Crippen molar-refractivity contribution in [2.45, 2.75) is 5.92 Å². The smallest absolute Gasteiger partial charge is 0.318 e. The van der Waals surface area contributed by atoms with Crippen molar-refractivity contribution in [1.29, 1.82) is 0 Å². The van der Waals surface area contributed by atoms with E-state index in [0.29, 0.717) is 10.6 Å². The number of nitrogens with zero attached hydrogens (tertiary/aromatic N) is 4. The summed E-state index contributed by atoms with van der Waals surface area (Å²) in [5.74, 6) is -0.855. The van der Waals surface area contributed by atoms with Crippen molar-refractivity contribution < 1.29 is 24.1 Å². The molecule has 0 amide bonds. The van der Waals surface area contributed by atoms with E-state index >= 15 is 0 Å². The molecular weight excluding hydrogens is 332 g/mol. The standard InChI is InChI=1S/C11H7N4O7S/c1-21-7-2-3-23-11(7)8-5(13(16)17)4-6(14(18)19)9-10(8)15(20)22-12-9/h2-4,8H,1H3/q-1. The number of methoxy groups -OCH3 is 1. The number of hydrogen-bond acceptors (Lipinski definition) is 9. The quantitative estimate of drug-likeness (QED) is 0.444. The molecule has 23 heavy (non-hydrogen) atoms. The third-order valence-electron chi connectivity index (χ3n) is 3.29. The van der Waals surface area contributed by atoms with Gasteiger partial charge in [0.2, 0.25) is 5.69 Å². The lowest BCUT2D eigenvalue weighted by Crippen LogP contribution is -2.36. The lowest BCUT2D eigenvalue weighted by molar-refractivity contribution is -0.808. The second-order valence-corrected chi connectivity index (χ2v) is 5.37. The van der Waals surface area contributed by atoms with Crippen LogP contribution >= 0.6 is 11.3 Å². The Kier molecular flexibility index (Phi) is 3.37. The van der Waals surface area contributed by atoms with Gasteiger partial charge in [-0.2, -0.15) is 4.90 Å². The minimum Gasteiger partial charge on any atom is -0.612 e. The second-order valence-electron chi connectivity index (χ2n) is 4.42. The minimum absolute atomic E-state index is 0.0564. The van der Waals surface area contributed by atoms with E-state index in [1.807, 2.05) is 0 Å². The molecule has 120 valence electrons. The number of aromatic nitrogens is 2. The predicted octanol–water partition coefficient (Wildman–Crippen LogP) is 0.481. The van der Waals surface area contributed by atoms with Crippen LogP contribution in [-0.2, 0) is 0 Å². The molecular formula is C11H7N4O7S-.